The van der Waals surface area contributed by atoms with Gasteiger partial charge in [0.1, 0.15) is 5.75 Å². The number of nitrogens with zero attached hydrogens (tertiary/aromatic N) is 1. The van der Waals surface area contributed by atoms with E-state index in [-0.39, 0.29) is 16.7 Å². The van der Waals surface area contributed by atoms with Crippen molar-refractivity contribution in [3.8, 4) is 17.0 Å². The quantitative estimate of drug-likeness (QED) is 0.411. The SMILES string of the molecule is CCc1ccc(NC(=O)C(CC)Sc2nc(-c3ccc(OC)cc3)cc(=O)[nH]2)cc1. The highest BCUT2D eigenvalue weighted by atomic mass is 32.2. The molecular weight excluding hydrogens is 398 g/mol. The molecule has 0 spiro atoms. The number of anilines is 1. The number of ether oxygens (including phenoxy) is 1. The summed E-state index contributed by atoms with van der Waals surface area (Å²) in [5.41, 5.74) is 3.06. The van der Waals surface area contributed by atoms with Gasteiger partial charge in [-0.05, 0) is 54.8 Å². The van der Waals surface area contributed by atoms with E-state index in [1.54, 1.807) is 7.11 Å². The van der Waals surface area contributed by atoms with E-state index in [9.17, 15) is 9.59 Å². The van der Waals surface area contributed by atoms with Crippen molar-refractivity contribution in [3.63, 3.8) is 0 Å². The molecule has 6 nitrogen and oxygen atoms in total. The summed E-state index contributed by atoms with van der Waals surface area (Å²) < 4.78 is 5.17. The topological polar surface area (TPSA) is 84.1 Å². The van der Waals surface area contributed by atoms with Crippen molar-refractivity contribution >= 4 is 23.4 Å². The Hall–Kier alpha value is -3.06. The minimum atomic E-state index is -0.384. The normalized spacial score (nSPS) is 11.7. The molecule has 0 aliphatic rings. The summed E-state index contributed by atoms with van der Waals surface area (Å²) in [5, 5.41) is 2.97. The van der Waals surface area contributed by atoms with E-state index in [1.807, 2.05) is 55.5 Å². The number of H-pyrrole nitrogens is 1. The van der Waals surface area contributed by atoms with Gasteiger partial charge in [0.2, 0.25) is 5.91 Å². The smallest absolute Gasteiger partial charge is 0.252 e. The van der Waals surface area contributed by atoms with Gasteiger partial charge >= 0.3 is 0 Å². The van der Waals surface area contributed by atoms with Crippen LogP contribution >= 0.6 is 11.8 Å². The van der Waals surface area contributed by atoms with Crippen molar-refractivity contribution in [1.29, 1.82) is 0 Å². The number of aromatic nitrogens is 2. The minimum Gasteiger partial charge on any atom is -0.497 e. The number of amides is 1. The van der Waals surface area contributed by atoms with Gasteiger partial charge in [0.15, 0.2) is 5.16 Å². The summed E-state index contributed by atoms with van der Waals surface area (Å²) in [7, 11) is 1.60. The van der Waals surface area contributed by atoms with Gasteiger partial charge in [0.25, 0.3) is 5.56 Å². The second-order valence-electron chi connectivity index (χ2n) is 6.72. The summed E-state index contributed by atoms with van der Waals surface area (Å²) in [6, 6.07) is 16.6. The molecule has 1 amide bonds. The van der Waals surface area contributed by atoms with E-state index in [1.165, 1.54) is 23.4 Å². The molecular formula is C23H25N3O3S. The monoisotopic (exact) mass is 423 g/mol. The molecule has 0 saturated carbocycles. The first-order valence-corrected chi connectivity index (χ1v) is 10.7. The molecule has 1 heterocycles. The molecule has 0 aliphatic carbocycles. The summed E-state index contributed by atoms with van der Waals surface area (Å²) in [6.07, 6.45) is 1.55. The van der Waals surface area contributed by atoms with Crippen molar-refractivity contribution in [2.75, 3.05) is 12.4 Å². The van der Waals surface area contributed by atoms with Crippen molar-refractivity contribution in [3.05, 3.63) is 70.5 Å². The number of aromatic amines is 1. The van der Waals surface area contributed by atoms with E-state index in [0.29, 0.717) is 17.3 Å². The maximum absolute atomic E-state index is 12.7. The molecule has 0 fully saturated rings. The van der Waals surface area contributed by atoms with Gasteiger partial charge < -0.3 is 15.0 Å². The Labute approximate surface area is 180 Å². The zero-order chi connectivity index (χ0) is 21.5. The number of hydrogen-bond donors (Lipinski definition) is 2. The molecule has 30 heavy (non-hydrogen) atoms. The van der Waals surface area contributed by atoms with Gasteiger partial charge in [0, 0.05) is 17.3 Å². The molecule has 3 rings (SSSR count). The van der Waals surface area contributed by atoms with E-state index in [2.05, 4.69) is 22.2 Å². The number of aryl methyl sites for hydroxylation is 1. The second kappa shape index (κ2) is 10.1. The fourth-order valence-corrected chi connectivity index (χ4v) is 3.82. The van der Waals surface area contributed by atoms with Crippen LogP contribution in [0.5, 0.6) is 5.75 Å². The largest absolute Gasteiger partial charge is 0.497 e. The molecule has 1 unspecified atom stereocenters. The second-order valence-corrected chi connectivity index (χ2v) is 7.91. The van der Waals surface area contributed by atoms with E-state index in [4.69, 9.17) is 4.74 Å². The van der Waals surface area contributed by atoms with Gasteiger partial charge in [0.05, 0.1) is 18.1 Å². The van der Waals surface area contributed by atoms with Crippen LogP contribution in [0.25, 0.3) is 11.3 Å². The van der Waals surface area contributed by atoms with Crippen LogP contribution in [0.3, 0.4) is 0 Å². The number of nitrogens with one attached hydrogen (secondary N) is 2. The molecule has 156 valence electrons. The standard InChI is InChI=1S/C23H25N3O3S/c1-4-15-6-10-17(11-7-15)24-22(28)20(5-2)30-23-25-19(14-21(27)26-23)16-8-12-18(29-3)13-9-16/h6-14,20H,4-5H2,1-3H3,(H,24,28)(H,25,26,27). The number of carbonyl (C=O) groups is 1. The lowest BCUT2D eigenvalue weighted by atomic mass is 10.1. The molecule has 7 heteroatoms. The van der Waals surface area contributed by atoms with Crippen LogP contribution in [0.15, 0.2) is 64.5 Å². The molecule has 0 bridgehead atoms. The molecule has 0 saturated heterocycles. The number of thioether (sulfide) groups is 1. The molecule has 0 aliphatic heterocycles. The van der Waals surface area contributed by atoms with Crippen LogP contribution in [0, 0.1) is 0 Å². The fourth-order valence-electron chi connectivity index (χ4n) is 2.90. The Balaban J connectivity index is 1.76. The average Bonchev–Trinajstić information content (AvgIpc) is 2.77. The summed E-state index contributed by atoms with van der Waals surface area (Å²) >= 11 is 1.25. The highest BCUT2D eigenvalue weighted by molar-refractivity contribution is 8.00. The van der Waals surface area contributed by atoms with Crippen LogP contribution in [-0.4, -0.2) is 28.2 Å². The lowest BCUT2D eigenvalue weighted by Gasteiger charge is -2.15. The number of rotatable bonds is 8. The number of benzene rings is 2. The molecule has 1 aromatic heterocycles. The lowest BCUT2D eigenvalue weighted by molar-refractivity contribution is -0.115. The van der Waals surface area contributed by atoms with Gasteiger partial charge in [-0.25, -0.2) is 4.98 Å². The summed E-state index contributed by atoms with van der Waals surface area (Å²) in [4.78, 5) is 32.2. The van der Waals surface area contributed by atoms with Gasteiger partial charge in [-0.15, -0.1) is 0 Å². The minimum absolute atomic E-state index is 0.121. The van der Waals surface area contributed by atoms with E-state index in [0.717, 1.165) is 23.4 Å². The summed E-state index contributed by atoms with van der Waals surface area (Å²) in [6.45, 7) is 4.02. The zero-order valence-corrected chi connectivity index (χ0v) is 18.1. The summed E-state index contributed by atoms with van der Waals surface area (Å²) in [5.74, 6) is 0.608. The van der Waals surface area contributed by atoms with Crippen molar-refractivity contribution < 1.29 is 9.53 Å². The molecule has 1 atom stereocenters. The lowest BCUT2D eigenvalue weighted by Crippen LogP contribution is -2.25. The van der Waals surface area contributed by atoms with Crippen molar-refractivity contribution in [1.82, 2.24) is 9.97 Å². The molecule has 3 aromatic rings. The fraction of sp³-hybridized carbons (Fsp3) is 0.261. The van der Waals surface area contributed by atoms with Gasteiger partial charge in [-0.1, -0.05) is 37.7 Å². The maximum Gasteiger partial charge on any atom is 0.252 e. The van der Waals surface area contributed by atoms with Crippen LogP contribution in [0.4, 0.5) is 5.69 Å². The molecule has 2 N–H and O–H groups in total. The van der Waals surface area contributed by atoms with Gasteiger partial charge in [-0.3, -0.25) is 9.59 Å². The predicted octanol–water partition coefficient (Wildman–Crippen LogP) is 4.52. The van der Waals surface area contributed by atoms with E-state index >= 15 is 0 Å². The first-order valence-electron chi connectivity index (χ1n) is 9.84. The first-order chi connectivity index (χ1) is 14.5. The Morgan fingerprint density at radius 1 is 1.13 bits per heavy atom. The van der Waals surface area contributed by atoms with Crippen molar-refractivity contribution in [2.24, 2.45) is 0 Å². The number of hydrogen-bond acceptors (Lipinski definition) is 5. The zero-order valence-electron chi connectivity index (χ0n) is 17.3. The Bertz CT molecular complexity index is 1050. The van der Waals surface area contributed by atoms with Crippen molar-refractivity contribution in [2.45, 2.75) is 37.1 Å². The third-order valence-electron chi connectivity index (χ3n) is 4.65. The Kier molecular flexibility index (Phi) is 7.30. The maximum atomic E-state index is 12.7. The average molecular weight is 424 g/mol. The van der Waals surface area contributed by atoms with Crippen LogP contribution < -0.4 is 15.6 Å². The van der Waals surface area contributed by atoms with Crippen LogP contribution in [-0.2, 0) is 11.2 Å². The first kappa shape index (κ1) is 21.6. The Morgan fingerprint density at radius 3 is 2.43 bits per heavy atom. The highest BCUT2D eigenvalue weighted by Gasteiger charge is 2.20. The van der Waals surface area contributed by atoms with Crippen LogP contribution in [0.1, 0.15) is 25.8 Å². The van der Waals surface area contributed by atoms with Gasteiger partial charge in [-0.2, -0.15) is 0 Å². The van der Waals surface area contributed by atoms with E-state index < -0.39 is 0 Å². The highest BCUT2D eigenvalue weighted by Crippen LogP contribution is 2.26. The third kappa shape index (κ3) is 5.51. The number of methoxy groups -OCH3 is 1. The molecule has 2 aromatic carbocycles. The van der Waals surface area contributed by atoms with Crippen LogP contribution in [0.2, 0.25) is 0 Å². The predicted molar refractivity (Wildman–Crippen MR) is 121 cm³/mol. The third-order valence-corrected chi connectivity index (χ3v) is 5.90. The number of carbonyl (C=O) groups excluding carboxylic acids is 1. The Morgan fingerprint density at radius 2 is 1.83 bits per heavy atom. The molecule has 0 radical (unpaired) electrons.